The average molecular weight is 311 g/mol. The van der Waals surface area contributed by atoms with Gasteiger partial charge < -0.3 is 4.90 Å². The van der Waals surface area contributed by atoms with Gasteiger partial charge in [0, 0.05) is 18.9 Å². The molecule has 1 aromatic heterocycles. The van der Waals surface area contributed by atoms with Crippen LogP contribution in [0, 0.1) is 0 Å². The van der Waals surface area contributed by atoms with E-state index in [1.165, 1.54) is 44.9 Å². The number of unbranched alkanes of at least 4 members (excludes halogenated alkanes) is 6. The lowest BCUT2D eigenvalue weighted by atomic mass is 10.1. The SMILES string of the molecule is CCCCCCCCCc1cncc(N(C)c2ccccc2)n1. The molecule has 2 rings (SSSR count). The summed E-state index contributed by atoms with van der Waals surface area (Å²) >= 11 is 0. The zero-order chi connectivity index (χ0) is 16.3. The van der Waals surface area contributed by atoms with E-state index in [0.717, 1.165) is 23.6 Å². The Bertz CT molecular complexity index is 554. The Balaban J connectivity index is 1.81. The van der Waals surface area contributed by atoms with Crippen LogP contribution in [0.25, 0.3) is 0 Å². The molecule has 0 aliphatic heterocycles. The first-order valence-corrected chi connectivity index (χ1v) is 8.91. The van der Waals surface area contributed by atoms with Crippen LogP contribution in [0.1, 0.15) is 57.6 Å². The molecule has 0 spiro atoms. The Morgan fingerprint density at radius 3 is 2.30 bits per heavy atom. The molecule has 0 fully saturated rings. The second kappa shape index (κ2) is 9.98. The van der Waals surface area contributed by atoms with Gasteiger partial charge in [-0.3, -0.25) is 4.98 Å². The minimum atomic E-state index is 0.914. The van der Waals surface area contributed by atoms with Gasteiger partial charge in [-0.25, -0.2) is 4.98 Å². The van der Waals surface area contributed by atoms with E-state index in [0.29, 0.717) is 0 Å². The molecule has 124 valence electrons. The lowest BCUT2D eigenvalue weighted by molar-refractivity contribution is 0.587. The first kappa shape index (κ1) is 17.5. The number of anilines is 2. The lowest BCUT2D eigenvalue weighted by Gasteiger charge is -2.18. The van der Waals surface area contributed by atoms with E-state index in [2.05, 4.69) is 28.9 Å². The zero-order valence-electron chi connectivity index (χ0n) is 14.5. The van der Waals surface area contributed by atoms with Crippen LogP contribution in [0.2, 0.25) is 0 Å². The normalized spacial score (nSPS) is 10.7. The van der Waals surface area contributed by atoms with Crippen molar-refractivity contribution in [2.45, 2.75) is 58.3 Å². The fourth-order valence-corrected chi connectivity index (χ4v) is 2.72. The molecule has 0 amide bonds. The van der Waals surface area contributed by atoms with Gasteiger partial charge in [-0.15, -0.1) is 0 Å². The van der Waals surface area contributed by atoms with E-state index >= 15 is 0 Å². The van der Waals surface area contributed by atoms with Gasteiger partial charge in [0.2, 0.25) is 0 Å². The molecule has 23 heavy (non-hydrogen) atoms. The Morgan fingerprint density at radius 2 is 1.57 bits per heavy atom. The van der Waals surface area contributed by atoms with E-state index in [4.69, 9.17) is 4.98 Å². The third-order valence-corrected chi connectivity index (χ3v) is 4.20. The molecule has 0 saturated carbocycles. The van der Waals surface area contributed by atoms with Crippen molar-refractivity contribution in [3.8, 4) is 0 Å². The summed E-state index contributed by atoms with van der Waals surface area (Å²) in [6, 6.07) is 10.3. The van der Waals surface area contributed by atoms with Gasteiger partial charge in [-0.05, 0) is 25.0 Å². The van der Waals surface area contributed by atoms with Crippen molar-refractivity contribution in [2.24, 2.45) is 0 Å². The summed E-state index contributed by atoms with van der Waals surface area (Å²) in [5.74, 6) is 0.914. The van der Waals surface area contributed by atoms with E-state index < -0.39 is 0 Å². The zero-order valence-corrected chi connectivity index (χ0v) is 14.5. The highest BCUT2D eigenvalue weighted by molar-refractivity contribution is 5.57. The number of benzene rings is 1. The number of para-hydroxylation sites is 1. The molecule has 0 unspecified atom stereocenters. The van der Waals surface area contributed by atoms with E-state index in [1.54, 1.807) is 0 Å². The summed E-state index contributed by atoms with van der Waals surface area (Å²) in [5, 5.41) is 0. The molecular formula is C20H29N3. The standard InChI is InChI=1S/C20H29N3/c1-3-4-5-6-7-8-10-13-18-16-21-17-20(22-18)23(2)19-14-11-9-12-15-19/h9,11-12,14-17H,3-8,10,13H2,1-2H3. The van der Waals surface area contributed by atoms with Gasteiger partial charge in [0.05, 0.1) is 11.9 Å². The predicted octanol–water partition coefficient (Wildman–Crippen LogP) is 5.54. The summed E-state index contributed by atoms with van der Waals surface area (Å²) in [6.07, 6.45) is 14.1. The Kier molecular flexibility index (Phi) is 7.58. The molecule has 0 saturated heterocycles. The van der Waals surface area contributed by atoms with Crippen molar-refractivity contribution in [3.63, 3.8) is 0 Å². The van der Waals surface area contributed by atoms with Crippen molar-refractivity contribution < 1.29 is 0 Å². The van der Waals surface area contributed by atoms with Crippen LogP contribution in [0.4, 0.5) is 11.5 Å². The number of nitrogens with zero attached hydrogens (tertiary/aromatic N) is 3. The molecule has 2 aromatic rings. The Morgan fingerprint density at radius 1 is 0.870 bits per heavy atom. The van der Waals surface area contributed by atoms with Gasteiger partial charge in [-0.1, -0.05) is 63.6 Å². The highest BCUT2D eigenvalue weighted by Crippen LogP contribution is 2.20. The predicted molar refractivity (Wildman–Crippen MR) is 98.2 cm³/mol. The molecule has 0 bridgehead atoms. The average Bonchev–Trinajstić information content (AvgIpc) is 2.61. The summed E-state index contributed by atoms with van der Waals surface area (Å²) < 4.78 is 0. The van der Waals surface area contributed by atoms with Crippen molar-refractivity contribution in [1.29, 1.82) is 0 Å². The molecule has 0 N–H and O–H groups in total. The van der Waals surface area contributed by atoms with E-state index in [1.807, 2.05) is 37.6 Å². The molecule has 0 atom stereocenters. The minimum Gasteiger partial charge on any atom is -0.328 e. The van der Waals surface area contributed by atoms with Gasteiger partial charge in [-0.2, -0.15) is 0 Å². The smallest absolute Gasteiger partial charge is 0.151 e. The summed E-state index contributed by atoms with van der Waals surface area (Å²) in [7, 11) is 2.04. The fourth-order valence-electron chi connectivity index (χ4n) is 2.72. The van der Waals surface area contributed by atoms with Crippen LogP contribution in [0.3, 0.4) is 0 Å². The van der Waals surface area contributed by atoms with E-state index in [9.17, 15) is 0 Å². The van der Waals surface area contributed by atoms with Gasteiger partial charge in [0.1, 0.15) is 0 Å². The third-order valence-electron chi connectivity index (χ3n) is 4.20. The topological polar surface area (TPSA) is 29.0 Å². The minimum absolute atomic E-state index is 0.914. The fraction of sp³-hybridized carbons (Fsp3) is 0.500. The monoisotopic (exact) mass is 311 g/mol. The quantitative estimate of drug-likeness (QED) is 0.540. The summed E-state index contributed by atoms with van der Waals surface area (Å²) in [4.78, 5) is 11.2. The highest BCUT2D eigenvalue weighted by Gasteiger charge is 2.06. The van der Waals surface area contributed by atoms with Crippen LogP contribution in [0.15, 0.2) is 42.7 Å². The highest BCUT2D eigenvalue weighted by atomic mass is 15.2. The van der Waals surface area contributed by atoms with Crippen molar-refractivity contribution in [3.05, 3.63) is 48.4 Å². The molecule has 1 heterocycles. The second-order valence-corrected chi connectivity index (χ2v) is 6.13. The largest absolute Gasteiger partial charge is 0.328 e. The van der Waals surface area contributed by atoms with Crippen LogP contribution < -0.4 is 4.90 Å². The van der Waals surface area contributed by atoms with Crippen molar-refractivity contribution >= 4 is 11.5 Å². The molecule has 0 radical (unpaired) electrons. The molecule has 3 nitrogen and oxygen atoms in total. The summed E-state index contributed by atoms with van der Waals surface area (Å²) in [5.41, 5.74) is 2.23. The van der Waals surface area contributed by atoms with Gasteiger partial charge >= 0.3 is 0 Å². The number of rotatable bonds is 10. The molecule has 0 aliphatic rings. The number of aromatic nitrogens is 2. The maximum Gasteiger partial charge on any atom is 0.151 e. The van der Waals surface area contributed by atoms with Crippen LogP contribution in [0.5, 0.6) is 0 Å². The molecule has 3 heteroatoms. The second-order valence-electron chi connectivity index (χ2n) is 6.13. The van der Waals surface area contributed by atoms with Crippen LogP contribution in [-0.2, 0) is 6.42 Å². The third kappa shape index (κ3) is 6.01. The van der Waals surface area contributed by atoms with Gasteiger partial charge in [0.25, 0.3) is 0 Å². The molecular weight excluding hydrogens is 282 g/mol. The Labute approximate surface area is 140 Å². The van der Waals surface area contributed by atoms with Crippen LogP contribution in [-0.4, -0.2) is 17.0 Å². The van der Waals surface area contributed by atoms with Gasteiger partial charge in [0.15, 0.2) is 5.82 Å². The molecule has 1 aromatic carbocycles. The molecule has 0 aliphatic carbocycles. The maximum atomic E-state index is 4.76. The first-order valence-electron chi connectivity index (χ1n) is 8.91. The Hall–Kier alpha value is -1.90. The van der Waals surface area contributed by atoms with Crippen molar-refractivity contribution in [1.82, 2.24) is 9.97 Å². The number of aryl methyl sites for hydroxylation is 1. The number of hydrogen-bond donors (Lipinski definition) is 0. The van der Waals surface area contributed by atoms with Crippen molar-refractivity contribution in [2.75, 3.05) is 11.9 Å². The summed E-state index contributed by atoms with van der Waals surface area (Å²) in [6.45, 7) is 2.26. The van der Waals surface area contributed by atoms with Crippen LogP contribution >= 0.6 is 0 Å². The number of hydrogen-bond acceptors (Lipinski definition) is 3. The van der Waals surface area contributed by atoms with E-state index in [-0.39, 0.29) is 0 Å². The maximum absolute atomic E-state index is 4.76. The first-order chi connectivity index (χ1) is 11.3. The lowest BCUT2D eigenvalue weighted by Crippen LogP contribution is -2.12.